The summed E-state index contributed by atoms with van der Waals surface area (Å²) in [4.78, 5) is 31.4. The zero-order chi connectivity index (χ0) is 22.6. The second kappa shape index (κ2) is 7.42. The molecule has 4 aromatic rings. The molecule has 164 valence electrons. The smallest absolute Gasteiger partial charge is 0.335 e. The number of aryl methyl sites for hydroxylation is 2. The lowest BCUT2D eigenvalue weighted by Crippen LogP contribution is -2.38. The van der Waals surface area contributed by atoms with Gasteiger partial charge in [0.2, 0.25) is 5.88 Å². The van der Waals surface area contributed by atoms with Gasteiger partial charge in [-0.3, -0.25) is 9.78 Å². The number of rotatable bonds is 3. The molecule has 0 bridgehead atoms. The van der Waals surface area contributed by atoms with E-state index in [4.69, 9.17) is 4.74 Å². The van der Waals surface area contributed by atoms with Gasteiger partial charge in [0.25, 0.3) is 5.56 Å². The number of fused-ring (bicyclic) bond motifs is 3. The highest BCUT2D eigenvalue weighted by Gasteiger charge is 2.31. The highest BCUT2D eigenvalue weighted by atomic mass is 16.5. The van der Waals surface area contributed by atoms with E-state index in [9.17, 15) is 14.7 Å². The average molecular weight is 432 g/mol. The van der Waals surface area contributed by atoms with Crippen LogP contribution in [0.15, 0.2) is 46.0 Å². The molecule has 5 rings (SSSR count). The number of aromatic amines is 2. The van der Waals surface area contributed by atoms with Gasteiger partial charge in [-0.15, -0.1) is 0 Å². The first-order valence-corrected chi connectivity index (χ1v) is 10.5. The molecule has 3 heterocycles. The van der Waals surface area contributed by atoms with Gasteiger partial charge in [0, 0.05) is 23.1 Å². The second-order valence-corrected chi connectivity index (χ2v) is 8.24. The summed E-state index contributed by atoms with van der Waals surface area (Å²) in [7, 11) is 1.62. The largest absolute Gasteiger partial charge is 0.497 e. The van der Waals surface area contributed by atoms with Gasteiger partial charge in [0.05, 0.1) is 18.8 Å². The van der Waals surface area contributed by atoms with E-state index < -0.39 is 17.3 Å². The van der Waals surface area contributed by atoms with Gasteiger partial charge in [-0.2, -0.15) is 0 Å². The number of hydrogen-bond acceptors (Lipinski definition) is 5. The van der Waals surface area contributed by atoms with E-state index in [2.05, 4.69) is 15.3 Å². The molecule has 0 saturated carbocycles. The van der Waals surface area contributed by atoms with Crippen LogP contribution in [0.2, 0.25) is 0 Å². The predicted octanol–water partition coefficient (Wildman–Crippen LogP) is 2.57. The summed E-state index contributed by atoms with van der Waals surface area (Å²) < 4.78 is 6.52. The molecule has 2 aromatic heterocycles. The third-order valence-corrected chi connectivity index (χ3v) is 6.03. The van der Waals surface area contributed by atoms with Crippen molar-refractivity contribution in [2.75, 3.05) is 13.7 Å². The number of H-pyrrole nitrogens is 2. The maximum atomic E-state index is 12.9. The van der Waals surface area contributed by atoms with Crippen LogP contribution in [0.3, 0.4) is 0 Å². The molecule has 1 aliphatic rings. The van der Waals surface area contributed by atoms with Crippen LogP contribution < -0.4 is 21.3 Å². The van der Waals surface area contributed by atoms with Crippen LogP contribution in [-0.4, -0.2) is 33.3 Å². The average Bonchev–Trinajstić information content (AvgIpc) is 3.11. The standard InChI is InChI=1S/C24H24N4O4/c1-12-8-13(2)10-14(9-12)28-23(30)19(22(29)27-24(28)31)21-20-16(6-7-25-21)17-11-15(32-3)4-5-18(17)26-20/h4-5,8-11,21,25-26,30H,6-7H2,1-3H3,(H,27,29,31). The van der Waals surface area contributed by atoms with Crippen molar-refractivity contribution in [1.82, 2.24) is 19.9 Å². The van der Waals surface area contributed by atoms with Crippen molar-refractivity contribution in [2.45, 2.75) is 26.3 Å². The zero-order valence-electron chi connectivity index (χ0n) is 18.1. The highest BCUT2D eigenvalue weighted by molar-refractivity contribution is 5.86. The van der Waals surface area contributed by atoms with Gasteiger partial charge in [0.15, 0.2) is 0 Å². The summed E-state index contributed by atoms with van der Waals surface area (Å²) in [6.07, 6.45) is 0.758. The Balaban J connectivity index is 1.73. The maximum Gasteiger partial charge on any atom is 0.335 e. The van der Waals surface area contributed by atoms with Crippen molar-refractivity contribution in [3.05, 3.63) is 85.2 Å². The number of hydrogen-bond donors (Lipinski definition) is 4. The number of nitrogens with zero attached hydrogens (tertiary/aromatic N) is 1. The van der Waals surface area contributed by atoms with Crippen molar-refractivity contribution in [1.29, 1.82) is 0 Å². The minimum absolute atomic E-state index is 0.100. The fourth-order valence-electron chi connectivity index (χ4n) is 4.70. The molecule has 1 atom stereocenters. The van der Waals surface area contributed by atoms with Crippen LogP contribution >= 0.6 is 0 Å². The molecule has 0 saturated heterocycles. The van der Waals surface area contributed by atoms with E-state index in [0.717, 1.165) is 50.0 Å². The Morgan fingerprint density at radius 2 is 1.81 bits per heavy atom. The van der Waals surface area contributed by atoms with E-state index in [1.165, 1.54) is 0 Å². The van der Waals surface area contributed by atoms with Crippen LogP contribution in [0.5, 0.6) is 11.6 Å². The van der Waals surface area contributed by atoms with Crippen LogP contribution in [0.4, 0.5) is 0 Å². The zero-order valence-corrected chi connectivity index (χ0v) is 18.1. The van der Waals surface area contributed by atoms with E-state index in [1.54, 1.807) is 19.2 Å². The SMILES string of the molecule is COc1ccc2[nH]c3c(c2c1)CCNC3c1c(O)n(-c2cc(C)cc(C)c2)c(=O)[nH]c1=O. The van der Waals surface area contributed by atoms with Gasteiger partial charge in [0.1, 0.15) is 11.3 Å². The predicted molar refractivity (Wildman–Crippen MR) is 122 cm³/mol. The second-order valence-electron chi connectivity index (χ2n) is 8.24. The van der Waals surface area contributed by atoms with Gasteiger partial charge >= 0.3 is 5.69 Å². The summed E-state index contributed by atoms with van der Waals surface area (Å²) in [5.41, 5.74) is 3.97. The molecule has 1 unspecified atom stereocenters. The van der Waals surface area contributed by atoms with Crippen molar-refractivity contribution in [3.8, 4) is 17.3 Å². The Morgan fingerprint density at radius 1 is 1.06 bits per heavy atom. The number of benzene rings is 2. The summed E-state index contributed by atoms with van der Waals surface area (Å²) in [5.74, 6) is 0.379. The Kier molecular flexibility index (Phi) is 4.67. The molecule has 8 heteroatoms. The normalized spacial score (nSPS) is 15.7. The molecule has 0 aliphatic carbocycles. The molecule has 2 aromatic carbocycles. The van der Waals surface area contributed by atoms with Gasteiger partial charge < -0.3 is 20.1 Å². The summed E-state index contributed by atoms with van der Waals surface area (Å²) >= 11 is 0. The Labute approximate surface area is 183 Å². The highest BCUT2D eigenvalue weighted by Crippen LogP contribution is 2.36. The first-order chi connectivity index (χ1) is 15.4. The van der Waals surface area contributed by atoms with Gasteiger partial charge in [-0.25, -0.2) is 9.36 Å². The van der Waals surface area contributed by atoms with Gasteiger partial charge in [-0.05, 0) is 67.3 Å². The lowest BCUT2D eigenvalue weighted by Gasteiger charge is -2.25. The molecule has 0 amide bonds. The third kappa shape index (κ3) is 3.11. The van der Waals surface area contributed by atoms with Crippen molar-refractivity contribution >= 4 is 10.9 Å². The summed E-state index contributed by atoms with van der Waals surface area (Å²) in [6.45, 7) is 4.45. The molecular formula is C24H24N4O4. The van der Waals surface area contributed by atoms with Crippen molar-refractivity contribution < 1.29 is 9.84 Å². The number of aromatic nitrogens is 3. The molecule has 0 radical (unpaired) electrons. The molecule has 0 spiro atoms. The number of ether oxygens (including phenoxy) is 1. The quantitative estimate of drug-likeness (QED) is 0.398. The maximum absolute atomic E-state index is 12.9. The monoisotopic (exact) mass is 432 g/mol. The minimum atomic E-state index is -0.682. The molecular weight excluding hydrogens is 408 g/mol. The fourth-order valence-corrected chi connectivity index (χ4v) is 4.70. The Morgan fingerprint density at radius 3 is 2.53 bits per heavy atom. The first kappa shape index (κ1) is 20.1. The molecule has 8 nitrogen and oxygen atoms in total. The van der Waals surface area contributed by atoms with Gasteiger partial charge in [-0.1, -0.05) is 6.07 Å². The number of methoxy groups -OCH3 is 1. The fraction of sp³-hybridized carbons (Fsp3) is 0.250. The first-order valence-electron chi connectivity index (χ1n) is 10.5. The van der Waals surface area contributed by atoms with Crippen molar-refractivity contribution in [2.24, 2.45) is 0 Å². The molecule has 1 aliphatic heterocycles. The van der Waals surface area contributed by atoms with Crippen molar-refractivity contribution in [3.63, 3.8) is 0 Å². The van der Waals surface area contributed by atoms with Crippen LogP contribution in [0, 0.1) is 13.8 Å². The lowest BCUT2D eigenvalue weighted by molar-refractivity contribution is 0.409. The molecule has 0 fully saturated rings. The minimum Gasteiger partial charge on any atom is -0.497 e. The molecule has 4 N–H and O–H groups in total. The van der Waals surface area contributed by atoms with Crippen LogP contribution in [0.25, 0.3) is 16.6 Å². The van der Waals surface area contributed by atoms with Crippen LogP contribution in [-0.2, 0) is 6.42 Å². The summed E-state index contributed by atoms with van der Waals surface area (Å²) in [6, 6.07) is 10.7. The lowest BCUT2D eigenvalue weighted by atomic mass is 9.95. The van der Waals surface area contributed by atoms with E-state index in [1.807, 2.05) is 38.1 Å². The Hall–Kier alpha value is -3.78. The van der Waals surface area contributed by atoms with Crippen LogP contribution in [0.1, 0.15) is 34.0 Å². The number of nitrogens with one attached hydrogen (secondary N) is 3. The van der Waals surface area contributed by atoms with E-state index >= 15 is 0 Å². The Bertz CT molecular complexity index is 1460. The molecule has 32 heavy (non-hydrogen) atoms. The van der Waals surface area contributed by atoms with E-state index in [0.29, 0.717) is 12.2 Å². The number of aromatic hydroxyl groups is 1. The topological polar surface area (TPSA) is 112 Å². The summed E-state index contributed by atoms with van der Waals surface area (Å²) in [5, 5.41) is 15.5. The van der Waals surface area contributed by atoms with E-state index in [-0.39, 0.29) is 11.4 Å². The third-order valence-electron chi connectivity index (χ3n) is 6.03.